The molecule has 2 amide bonds. The highest BCUT2D eigenvalue weighted by Gasteiger charge is 2.37. The molecule has 3 heterocycles. The molecule has 0 bridgehead atoms. The van der Waals surface area contributed by atoms with Crippen molar-refractivity contribution in [2.75, 3.05) is 32.7 Å². The first-order valence-corrected chi connectivity index (χ1v) is 8.11. The van der Waals surface area contributed by atoms with Gasteiger partial charge in [0.05, 0.1) is 0 Å². The Bertz CT molecular complexity index is 611. The lowest BCUT2D eigenvalue weighted by atomic mass is 9.95. The predicted molar refractivity (Wildman–Crippen MR) is 79.5 cm³/mol. The van der Waals surface area contributed by atoms with Gasteiger partial charge in [-0.25, -0.2) is 0 Å². The summed E-state index contributed by atoms with van der Waals surface area (Å²) in [6.45, 7) is 3.47. The van der Waals surface area contributed by atoms with E-state index in [2.05, 4.69) is 20.4 Å². The van der Waals surface area contributed by atoms with E-state index in [4.69, 9.17) is 0 Å². The molecule has 0 saturated carbocycles. The summed E-state index contributed by atoms with van der Waals surface area (Å²) in [6, 6.07) is -0.207. The van der Waals surface area contributed by atoms with Crippen molar-refractivity contribution in [1.29, 1.82) is 0 Å². The molecule has 1 aromatic rings. The topological polar surface area (TPSA) is 81.3 Å². The van der Waals surface area contributed by atoms with Gasteiger partial charge >= 0.3 is 0 Å². The molecule has 2 fully saturated rings. The number of carbonyl (C=O) groups is 2. The lowest BCUT2D eigenvalue weighted by Crippen LogP contribution is -2.64. The van der Waals surface area contributed by atoms with Gasteiger partial charge in [0.25, 0.3) is 5.91 Å². The fourth-order valence-electron chi connectivity index (χ4n) is 3.77. The molecule has 22 heavy (non-hydrogen) atoms. The average Bonchev–Trinajstić information content (AvgIpc) is 2.98. The predicted octanol–water partition coefficient (Wildman–Crippen LogP) is -0.455. The second-order valence-corrected chi connectivity index (χ2v) is 6.33. The van der Waals surface area contributed by atoms with Gasteiger partial charge < -0.3 is 10.2 Å². The van der Waals surface area contributed by atoms with Crippen LogP contribution in [-0.2, 0) is 17.6 Å². The molecule has 118 valence electrons. The minimum absolute atomic E-state index is 0.0302. The van der Waals surface area contributed by atoms with Crippen LogP contribution in [0, 0.1) is 0 Å². The number of nitrogens with zero attached hydrogens (tertiary/aromatic N) is 3. The van der Waals surface area contributed by atoms with Crippen molar-refractivity contribution in [2.24, 2.45) is 0 Å². The highest BCUT2D eigenvalue weighted by Crippen LogP contribution is 2.24. The number of nitrogens with one attached hydrogen (secondary N) is 2. The van der Waals surface area contributed by atoms with E-state index in [-0.39, 0.29) is 17.9 Å². The van der Waals surface area contributed by atoms with Crippen LogP contribution in [0.15, 0.2) is 0 Å². The smallest absolute Gasteiger partial charge is 0.274 e. The third-order valence-electron chi connectivity index (χ3n) is 5.04. The third-order valence-corrected chi connectivity index (χ3v) is 5.04. The normalized spacial score (nSPS) is 25.4. The number of aromatic amines is 1. The van der Waals surface area contributed by atoms with Crippen LogP contribution in [0.1, 0.15) is 34.6 Å². The number of amides is 2. The lowest BCUT2D eigenvalue weighted by molar-refractivity contribution is -0.131. The van der Waals surface area contributed by atoms with Crippen molar-refractivity contribution >= 4 is 11.8 Å². The van der Waals surface area contributed by atoms with E-state index in [1.165, 1.54) is 0 Å². The summed E-state index contributed by atoms with van der Waals surface area (Å²) in [7, 11) is 0. The maximum atomic E-state index is 12.8. The number of hydrogen-bond acceptors (Lipinski definition) is 4. The zero-order chi connectivity index (χ0) is 15.1. The minimum atomic E-state index is -0.207. The van der Waals surface area contributed by atoms with Gasteiger partial charge in [-0.2, -0.15) is 5.10 Å². The second kappa shape index (κ2) is 5.39. The zero-order valence-electron chi connectivity index (χ0n) is 12.6. The first kappa shape index (κ1) is 13.8. The van der Waals surface area contributed by atoms with Crippen LogP contribution in [0.4, 0.5) is 0 Å². The number of carbonyl (C=O) groups excluding carboxylic acids is 2. The Balaban J connectivity index is 1.53. The molecule has 0 aromatic carbocycles. The Morgan fingerprint density at radius 1 is 1.18 bits per heavy atom. The molecule has 7 heteroatoms. The van der Waals surface area contributed by atoms with Crippen LogP contribution >= 0.6 is 0 Å². The number of H-pyrrole nitrogens is 1. The highest BCUT2D eigenvalue weighted by atomic mass is 16.2. The molecule has 0 radical (unpaired) electrons. The van der Waals surface area contributed by atoms with Gasteiger partial charge in [-0.3, -0.25) is 19.6 Å². The van der Waals surface area contributed by atoms with E-state index >= 15 is 0 Å². The van der Waals surface area contributed by atoms with Gasteiger partial charge in [-0.15, -0.1) is 0 Å². The molecule has 1 aromatic heterocycles. The quantitative estimate of drug-likeness (QED) is 0.736. The van der Waals surface area contributed by atoms with Crippen molar-refractivity contribution < 1.29 is 9.59 Å². The second-order valence-electron chi connectivity index (χ2n) is 6.33. The van der Waals surface area contributed by atoms with Gasteiger partial charge in [0, 0.05) is 44.0 Å². The monoisotopic (exact) mass is 303 g/mol. The number of hydrogen-bond donors (Lipinski definition) is 2. The molecule has 7 nitrogen and oxygen atoms in total. The van der Waals surface area contributed by atoms with Crippen molar-refractivity contribution in [3.63, 3.8) is 0 Å². The van der Waals surface area contributed by atoms with Gasteiger partial charge in [0.15, 0.2) is 5.69 Å². The van der Waals surface area contributed by atoms with Gasteiger partial charge in [-0.1, -0.05) is 0 Å². The lowest BCUT2D eigenvalue weighted by Gasteiger charge is -2.42. The first-order valence-electron chi connectivity index (χ1n) is 8.11. The molecule has 0 spiro atoms. The summed E-state index contributed by atoms with van der Waals surface area (Å²) < 4.78 is 0. The molecule has 2 saturated heterocycles. The molecular formula is C15H21N5O2. The molecular weight excluding hydrogens is 282 g/mol. The van der Waals surface area contributed by atoms with E-state index in [0.717, 1.165) is 50.0 Å². The van der Waals surface area contributed by atoms with Gasteiger partial charge in [0.1, 0.15) is 6.04 Å². The Labute approximate surface area is 129 Å². The summed E-state index contributed by atoms with van der Waals surface area (Å²) in [5, 5.41) is 10.2. The number of fused-ring (bicyclic) bond motifs is 2. The zero-order valence-corrected chi connectivity index (χ0v) is 12.6. The van der Waals surface area contributed by atoms with E-state index < -0.39 is 0 Å². The fraction of sp³-hybridized carbons (Fsp3) is 0.667. The number of aromatic nitrogens is 2. The number of aryl methyl sites for hydroxylation is 1. The average molecular weight is 303 g/mol. The maximum Gasteiger partial charge on any atom is 0.274 e. The molecule has 2 N–H and O–H groups in total. The Hall–Kier alpha value is -1.89. The largest absolute Gasteiger partial charge is 0.353 e. The van der Waals surface area contributed by atoms with E-state index in [1.54, 1.807) is 4.90 Å². The summed E-state index contributed by atoms with van der Waals surface area (Å²) in [5.74, 6) is 0.00484. The minimum Gasteiger partial charge on any atom is -0.353 e. The fourth-order valence-corrected chi connectivity index (χ4v) is 3.77. The van der Waals surface area contributed by atoms with E-state index in [9.17, 15) is 9.59 Å². The van der Waals surface area contributed by atoms with Crippen LogP contribution in [0.2, 0.25) is 0 Å². The highest BCUT2D eigenvalue weighted by molar-refractivity contribution is 5.95. The van der Waals surface area contributed by atoms with Crippen molar-refractivity contribution in [3.05, 3.63) is 17.0 Å². The van der Waals surface area contributed by atoms with Crippen LogP contribution in [-0.4, -0.2) is 70.6 Å². The Morgan fingerprint density at radius 2 is 2.05 bits per heavy atom. The van der Waals surface area contributed by atoms with Crippen LogP contribution in [0.3, 0.4) is 0 Å². The Kier molecular flexibility index (Phi) is 3.37. The van der Waals surface area contributed by atoms with E-state index in [0.29, 0.717) is 25.3 Å². The summed E-state index contributed by atoms with van der Waals surface area (Å²) in [6.07, 6.45) is 4.18. The standard InChI is InChI=1S/C15H21N5O2/c21-14-12-9-20(8-7-19(12)6-5-16-14)15(22)13-10-3-1-2-4-11(10)17-18-13/h12H,1-9H2,(H,16,21)(H,17,18)/t12-/m0/s1. The van der Waals surface area contributed by atoms with Gasteiger partial charge in [-0.05, 0) is 25.7 Å². The van der Waals surface area contributed by atoms with Crippen molar-refractivity contribution in [3.8, 4) is 0 Å². The number of piperazine rings is 2. The molecule has 0 unspecified atom stereocenters. The van der Waals surface area contributed by atoms with Crippen molar-refractivity contribution in [2.45, 2.75) is 31.7 Å². The Morgan fingerprint density at radius 3 is 2.95 bits per heavy atom. The molecule has 4 rings (SSSR count). The SMILES string of the molecule is O=C1NCCN2CCN(C(=O)c3n[nH]c4c3CCCC4)C[C@@H]12. The summed E-state index contributed by atoms with van der Waals surface area (Å²) >= 11 is 0. The van der Waals surface area contributed by atoms with Crippen LogP contribution in [0.25, 0.3) is 0 Å². The molecule has 3 aliphatic rings. The maximum absolute atomic E-state index is 12.8. The third kappa shape index (κ3) is 2.20. The van der Waals surface area contributed by atoms with Crippen LogP contribution < -0.4 is 5.32 Å². The molecule has 2 aliphatic heterocycles. The van der Waals surface area contributed by atoms with E-state index in [1.807, 2.05) is 0 Å². The first-order chi connectivity index (χ1) is 10.7. The summed E-state index contributed by atoms with van der Waals surface area (Å²) in [4.78, 5) is 28.8. The van der Waals surface area contributed by atoms with Gasteiger partial charge in [0.2, 0.25) is 5.91 Å². The molecule has 1 atom stereocenters. The molecule has 1 aliphatic carbocycles. The van der Waals surface area contributed by atoms with Crippen LogP contribution in [0.5, 0.6) is 0 Å². The number of rotatable bonds is 1. The summed E-state index contributed by atoms with van der Waals surface area (Å²) in [5.41, 5.74) is 2.77. The van der Waals surface area contributed by atoms with Crippen molar-refractivity contribution in [1.82, 2.24) is 25.3 Å².